The van der Waals surface area contributed by atoms with E-state index < -0.39 is 47.6 Å². The molecule has 0 aliphatic rings. The van der Waals surface area contributed by atoms with Gasteiger partial charge in [0, 0.05) is 12.3 Å². The van der Waals surface area contributed by atoms with E-state index >= 15 is 0 Å². The molecule has 6 nitrogen and oxygen atoms in total. The Hall–Kier alpha value is -2.84. The van der Waals surface area contributed by atoms with E-state index in [2.05, 4.69) is 11.9 Å². The normalized spacial score (nSPS) is 14.7. The number of benzene rings is 1. The molecule has 1 unspecified atom stereocenters. The lowest BCUT2D eigenvalue weighted by Crippen LogP contribution is -2.56. The summed E-state index contributed by atoms with van der Waals surface area (Å²) in [5.41, 5.74) is -0.311. The third-order valence-electron chi connectivity index (χ3n) is 4.59. The molecule has 2 amide bonds. The van der Waals surface area contributed by atoms with E-state index in [9.17, 15) is 27.6 Å². The van der Waals surface area contributed by atoms with Crippen LogP contribution in [-0.2, 0) is 25.5 Å². The molecule has 3 atom stereocenters. The van der Waals surface area contributed by atoms with Gasteiger partial charge in [0.15, 0.2) is 0 Å². The molecule has 0 aliphatic heterocycles. The van der Waals surface area contributed by atoms with Gasteiger partial charge in [-0.1, -0.05) is 50.3 Å². The van der Waals surface area contributed by atoms with Gasteiger partial charge in [0.25, 0.3) is 0 Å². The number of ether oxygens (including phenoxy) is 1. The lowest BCUT2D eigenvalue weighted by molar-refractivity contribution is -0.174. The minimum atomic E-state index is -5.17. The van der Waals surface area contributed by atoms with Crippen molar-refractivity contribution in [2.75, 3.05) is 0 Å². The summed E-state index contributed by atoms with van der Waals surface area (Å²) < 4.78 is 44.1. The molecule has 1 rings (SSSR count). The summed E-state index contributed by atoms with van der Waals surface area (Å²) in [4.78, 5) is 37.5. The predicted molar refractivity (Wildman–Crippen MR) is 119 cm³/mol. The molecular formula is C24H33F3N2O4. The van der Waals surface area contributed by atoms with Crippen molar-refractivity contribution in [1.82, 2.24) is 10.6 Å². The van der Waals surface area contributed by atoms with Crippen LogP contribution in [0.15, 0.2) is 43.0 Å². The van der Waals surface area contributed by atoms with Crippen LogP contribution in [0.2, 0.25) is 0 Å². The number of alkyl halides is 3. The van der Waals surface area contributed by atoms with Gasteiger partial charge < -0.3 is 15.4 Å². The second-order valence-electron chi connectivity index (χ2n) is 9.26. The standard InChI is InChI=1S/C24H33F3N2O4/c1-7-17(13-15(2)3)19(21(31)33-23(4,5)6)29-20(30)18(28-22(32)24(25,26)27)14-16-11-9-8-10-12-16/h7-12,15,17-19H,1,13-14H2,2-6H3,(H,28,32)(H,29,30)/t17?,18-,19+/m0/s1. The van der Waals surface area contributed by atoms with Crippen LogP contribution < -0.4 is 10.6 Å². The van der Waals surface area contributed by atoms with Crippen molar-refractivity contribution in [2.24, 2.45) is 11.8 Å². The number of hydrogen-bond acceptors (Lipinski definition) is 4. The lowest BCUT2D eigenvalue weighted by Gasteiger charge is -2.30. The first-order chi connectivity index (χ1) is 15.1. The molecular weight excluding hydrogens is 437 g/mol. The Kier molecular flexibility index (Phi) is 10.1. The number of rotatable bonds is 10. The van der Waals surface area contributed by atoms with Gasteiger partial charge in [0.1, 0.15) is 17.7 Å². The minimum Gasteiger partial charge on any atom is -0.458 e. The van der Waals surface area contributed by atoms with E-state index in [-0.39, 0.29) is 12.3 Å². The number of hydrogen-bond donors (Lipinski definition) is 2. The Labute approximate surface area is 193 Å². The zero-order chi connectivity index (χ0) is 25.4. The van der Waals surface area contributed by atoms with Gasteiger partial charge in [-0.15, -0.1) is 6.58 Å². The Morgan fingerprint density at radius 1 is 1.06 bits per heavy atom. The van der Waals surface area contributed by atoms with Gasteiger partial charge in [-0.25, -0.2) is 4.79 Å². The predicted octanol–water partition coefficient (Wildman–Crippen LogP) is 3.95. The van der Waals surface area contributed by atoms with Gasteiger partial charge >= 0.3 is 18.1 Å². The molecule has 0 fully saturated rings. The van der Waals surface area contributed by atoms with Gasteiger partial charge in [0.05, 0.1) is 0 Å². The zero-order valence-electron chi connectivity index (χ0n) is 19.7. The van der Waals surface area contributed by atoms with Crippen LogP contribution in [-0.4, -0.2) is 41.6 Å². The zero-order valence-corrected chi connectivity index (χ0v) is 19.7. The van der Waals surface area contributed by atoms with E-state index in [1.54, 1.807) is 56.4 Å². The Balaban J connectivity index is 3.23. The van der Waals surface area contributed by atoms with E-state index in [0.717, 1.165) is 0 Å². The number of amides is 2. The van der Waals surface area contributed by atoms with Crippen molar-refractivity contribution in [1.29, 1.82) is 0 Å². The molecule has 184 valence electrons. The van der Waals surface area contributed by atoms with E-state index in [1.165, 1.54) is 6.08 Å². The number of halogens is 3. The van der Waals surface area contributed by atoms with Crippen LogP contribution in [0.5, 0.6) is 0 Å². The molecule has 0 bridgehead atoms. The maximum atomic E-state index is 13.1. The van der Waals surface area contributed by atoms with Crippen molar-refractivity contribution in [2.45, 2.75) is 71.3 Å². The highest BCUT2D eigenvalue weighted by molar-refractivity contribution is 5.92. The smallest absolute Gasteiger partial charge is 0.458 e. The van der Waals surface area contributed by atoms with Crippen LogP contribution >= 0.6 is 0 Å². The van der Waals surface area contributed by atoms with E-state index in [4.69, 9.17) is 4.74 Å². The molecule has 0 saturated heterocycles. The Morgan fingerprint density at radius 3 is 2.09 bits per heavy atom. The highest BCUT2D eigenvalue weighted by Gasteiger charge is 2.42. The molecule has 33 heavy (non-hydrogen) atoms. The summed E-state index contributed by atoms with van der Waals surface area (Å²) in [5.74, 6) is -4.29. The first-order valence-corrected chi connectivity index (χ1v) is 10.7. The van der Waals surface area contributed by atoms with Crippen molar-refractivity contribution in [3.8, 4) is 0 Å². The first kappa shape index (κ1) is 28.2. The molecule has 1 aromatic rings. The quantitative estimate of drug-likeness (QED) is 0.401. The minimum absolute atomic E-state index is 0.139. The highest BCUT2D eigenvalue weighted by atomic mass is 19.4. The summed E-state index contributed by atoms with van der Waals surface area (Å²) in [5, 5.41) is 4.25. The van der Waals surface area contributed by atoms with E-state index in [1.807, 2.05) is 13.8 Å². The fourth-order valence-electron chi connectivity index (χ4n) is 3.17. The molecule has 9 heteroatoms. The van der Waals surface area contributed by atoms with Crippen molar-refractivity contribution in [3.05, 3.63) is 48.6 Å². The molecule has 0 aromatic heterocycles. The molecule has 0 spiro atoms. The maximum Gasteiger partial charge on any atom is 0.471 e. The van der Waals surface area contributed by atoms with Gasteiger partial charge in [-0.05, 0) is 38.7 Å². The highest BCUT2D eigenvalue weighted by Crippen LogP contribution is 2.21. The fraction of sp³-hybridized carbons (Fsp3) is 0.542. The molecule has 0 aliphatic carbocycles. The third-order valence-corrected chi connectivity index (χ3v) is 4.59. The monoisotopic (exact) mass is 470 g/mol. The van der Waals surface area contributed by atoms with Crippen LogP contribution in [0, 0.1) is 11.8 Å². The first-order valence-electron chi connectivity index (χ1n) is 10.7. The average molecular weight is 471 g/mol. The van der Waals surface area contributed by atoms with Crippen molar-refractivity contribution < 1.29 is 32.3 Å². The van der Waals surface area contributed by atoms with E-state index in [0.29, 0.717) is 12.0 Å². The molecule has 0 radical (unpaired) electrons. The Bertz CT molecular complexity index is 817. The molecule has 0 saturated carbocycles. The Morgan fingerprint density at radius 2 is 1.64 bits per heavy atom. The maximum absolute atomic E-state index is 13.1. The van der Waals surface area contributed by atoms with Crippen molar-refractivity contribution >= 4 is 17.8 Å². The summed E-state index contributed by atoms with van der Waals surface area (Å²) in [7, 11) is 0. The van der Waals surface area contributed by atoms with Gasteiger partial charge in [-0.3, -0.25) is 9.59 Å². The summed E-state index contributed by atoms with van der Waals surface area (Å²) >= 11 is 0. The molecule has 1 aromatic carbocycles. The van der Waals surface area contributed by atoms with Crippen LogP contribution in [0.4, 0.5) is 13.2 Å². The second kappa shape index (κ2) is 11.9. The number of nitrogens with one attached hydrogen (secondary N) is 2. The number of carbonyl (C=O) groups is 3. The van der Waals surface area contributed by atoms with Crippen LogP contribution in [0.25, 0.3) is 0 Å². The number of esters is 1. The molecule has 0 heterocycles. The van der Waals surface area contributed by atoms with Gasteiger partial charge in [0.2, 0.25) is 5.91 Å². The van der Waals surface area contributed by atoms with Crippen LogP contribution in [0.1, 0.15) is 46.6 Å². The second-order valence-corrected chi connectivity index (χ2v) is 9.26. The third kappa shape index (κ3) is 10.1. The average Bonchev–Trinajstić information content (AvgIpc) is 2.68. The van der Waals surface area contributed by atoms with Crippen molar-refractivity contribution in [3.63, 3.8) is 0 Å². The van der Waals surface area contributed by atoms with Crippen LogP contribution in [0.3, 0.4) is 0 Å². The number of carbonyl (C=O) groups excluding carboxylic acids is 3. The summed E-state index contributed by atoms with van der Waals surface area (Å²) in [6.07, 6.45) is -3.37. The summed E-state index contributed by atoms with van der Waals surface area (Å²) in [6.45, 7) is 12.6. The molecule has 2 N–H and O–H groups in total. The fourth-order valence-corrected chi connectivity index (χ4v) is 3.17. The van der Waals surface area contributed by atoms with Gasteiger partial charge in [-0.2, -0.15) is 13.2 Å². The SMILES string of the molecule is C=CC(CC(C)C)[C@@H](NC(=O)[C@H](Cc1ccccc1)NC(=O)C(F)(F)F)C(=O)OC(C)(C)C. The topological polar surface area (TPSA) is 84.5 Å². The lowest BCUT2D eigenvalue weighted by atomic mass is 9.89. The summed E-state index contributed by atoms with van der Waals surface area (Å²) in [6, 6.07) is 5.54. The largest absolute Gasteiger partial charge is 0.471 e.